The molecular weight excluding hydrogens is 321 g/mol. The Bertz CT molecular complexity index is 885. The lowest BCUT2D eigenvalue weighted by atomic mass is 10.1. The molecular formula is C19H20FN3S. The quantitative estimate of drug-likeness (QED) is 0.614. The molecule has 0 atom stereocenters. The monoisotopic (exact) mass is 341 g/mol. The van der Waals surface area contributed by atoms with Gasteiger partial charge in [-0.1, -0.05) is 18.2 Å². The van der Waals surface area contributed by atoms with Gasteiger partial charge in [-0.3, -0.25) is 0 Å². The largest absolute Gasteiger partial charge is 0.362 e. The van der Waals surface area contributed by atoms with Gasteiger partial charge in [0, 0.05) is 28.8 Å². The minimum Gasteiger partial charge on any atom is -0.362 e. The van der Waals surface area contributed by atoms with Crippen LogP contribution in [0.4, 0.5) is 10.1 Å². The Kier molecular flexibility index (Phi) is 4.81. The van der Waals surface area contributed by atoms with Gasteiger partial charge in [0.1, 0.15) is 5.82 Å². The first-order valence-electron chi connectivity index (χ1n) is 7.92. The lowest BCUT2D eigenvalue weighted by molar-refractivity contribution is 0.629. The van der Waals surface area contributed by atoms with Crippen LogP contribution >= 0.6 is 12.2 Å². The molecule has 0 aliphatic rings. The Morgan fingerprint density at radius 3 is 2.75 bits per heavy atom. The van der Waals surface area contributed by atoms with E-state index in [0.29, 0.717) is 11.7 Å². The number of rotatable bonds is 4. The van der Waals surface area contributed by atoms with Crippen LogP contribution in [0.15, 0.2) is 42.5 Å². The van der Waals surface area contributed by atoms with E-state index in [0.717, 1.165) is 39.8 Å². The maximum absolute atomic E-state index is 13.5. The molecule has 24 heavy (non-hydrogen) atoms. The van der Waals surface area contributed by atoms with E-state index in [4.69, 9.17) is 12.2 Å². The van der Waals surface area contributed by atoms with E-state index in [1.54, 1.807) is 12.1 Å². The molecule has 0 saturated heterocycles. The molecule has 0 spiro atoms. The maximum atomic E-state index is 13.5. The first-order valence-corrected chi connectivity index (χ1v) is 8.32. The lowest BCUT2D eigenvalue weighted by Gasteiger charge is -2.12. The van der Waals surface area contributed by atoms with Crippen molar-refractivity contribution in [2.45, 2.75) is 20.3 Å². The first kappa shape index (κ1) is 16.5. The molecule has 3 N–H and O–H groups in total. The molecule has 0 unspecified atom stereocenters. The van der Waals surface area contributed by atoms with Gasteiger partial charge in [0.15, 0.2) is 5.11 Å². The predicted molar refractivity (Wildman–Crippen MR) is 102 cm³/mol. The van der Waals surface area contributed by atoms with Crippen LogP contribution in [0.1, 0.15) is 16.8 Å². The van der Waals surface area contributed by atoms with Crippen molar-refractivity contribution in [1.29, 1.82) is 0 Å². The minimum atomic E-state index is -0.215. The zero-order valence-corrected chi connectivity index (χ0v) is 14.6. The third kappa shape index (κ3) is 3.57. The van der Waals surface area contributed by atoms with Gasteiger partial charge in [-0.25, -0.2) is 4.39 Å². The number of para-hydroxylation sites is 1. The molecule has 3 aromatic rings. The number of halogens is 1. The Morgan fingerprint density at radius 1 is 1.17 bits per heavy atom. The van der Waals surface area contributed by atoms with Gasteiger partial charge < -0.3 is 15.6 Å². The van der Waals surface area contributed by atoms with E-state index < -0.39 is 0 Å². The fraction of sp³-hybridized carbons (Fsp3) is 0.211. The summed E-state index contributed by atoms with van der Waals surface area (Å²) in [5.74, 6) is -0.215. The summed E-state index contributed by atoms with van der Waals surface area (Å²) in [4.78, 5) is 3.30. The van der Waals surface area contributed by atoms with Crippen molar-refractivity contribution in [1.82, 2.24) is 10.3 Å². The molecule has 2 aromatic carbocycles. The molecule has 0 bridgehead atoms. The van der Waals surface area contributed by atoms with E-state index in [1.165, 1.54) is 6.07 Å². The summed E-state index contributed by atoms with van der Waals surface area (Å²) in [6, 6.07) is 12.8. The molecule has 3 rings (SSSR count). The van der Waals surface area contributed by atoms with Crippen LogP contribution in [0.3, 0.4) is 0 Å². The second kappa shape index (κ2) is 7.01. The number of fused-ring (bicyclic) bond motifs is 1. The van der Waals surface area contributed by atoms with Gasteiger partial charge in [0.25, 0.3) is 0 Å². The van der Waals surface area contributed by atoms with Crippen molar-refractivity contribution in [2.24, 2.45) is 0 Å². The fourth-order valence-corrected chi connectivity index (χ4v) is 3.07. The highest BCUT2D eigenvalue weighted by Gasteiger charge is 2.09. The molecule has 0 amide bonds. The van der Waals surface area contributed by atoms with Crippen LogP contribution in [0, 0.1) is 19.7 Å². The highest BCUT2D eigenvalue weighted by atomic mass is 32.1. The number of benzene rings is 2. The molecule has 0 aliphatic heterocycles. The van der Waals surface area contributed by atoms with Gasteiger partial charge in [-0.05, 0) is 67.9 Å². The summed E-state index contributed by atoms with van der Waals surface area (Å²) in [7, 11) is 0. The summed E-state index contributed by atoms with van der Waals surface area (Å²) in [6.07, 6.45) is 0.769. The Morgan fingerprint density at radius 2 is 1.96 bits per heavy atom. The molecule has 0 fully saturated rings. The van der Waals surface area contributed by atoms with Crippen LogP contribution in [0.2, 0.25) is 0 Å². The van der Waals surface area contributed by atoms with Gasteiger partial charge in [0.05, 0.1) is 0 Å². The molecule has 0 aliphatic carbocycles. The third-order valence-corrected chi connectivity index (χ3v) is 4.38. The number of aromatic amines is 1. The number of hydrogen-bond acceptors (Lipinski definition) is 1. The molecule has 0 radical (unpaired) electrons. The van der Waals surface area contributed by atoms with Crippen LogP contribution in [-0.4, -0.2) is 16.6 Å². The standard InChI is InChI=1S/C19H20FN3S/c1-12-5-3-4-6-17(12)23-19(24)21-10-9-15-13(2)22-18-8-7-14(20)11-16(15)18/h3-8,11,22H,9-10H2,1-2H3,(H2,21,23,24). The highest BCUT2D eigenvalue weighted by Crippen LogP contribution is 2.23. The third-order valence-electron chi connectivity index (χ3n) is 4.14. The molecule has 1 heterocycles. The Labute approximate surface area is 146 Å². The predicted octanol–water partition coefficient (Wildman–Crippen LogP) is 4.45. The van der Waals surface area contributed by atoms with Crippen molar-refractivity contribution in [3.8, 4) is 0 Å². The fourth-order valence-electron chi connectivity index (χ4n) is 2.86. The topological polar surface area (TPSA) is 39.8 Å². The van der Waals surface area contributed by atoms with Crippen molar-refractivity contribution in [3.63, 3.8) is 0 Å². The SMILES string of the molecule is Cc1ccccc1NC(=S)NCCc1c(C)[nH]c2ccc(F)cc12. The summed E-state index contributed by atoms with van der Waals surface area (Å²) in [5, 5.41) is 7.95. The maximum Gasteiger partial charge on any atom is 0.170 e. The molecule has 0 saturated carbocycles. The summed E-state index contributed by atoms with van der Waals surface area (Å²) in [5.41, 5.74) is 5.29. The Balaban J connectivity index is 1.62. The summed E-state index contributed by atoms with van der Waals surface area (Å²) < 4.78 is 13.5. The lowest BCUT2D eigenvalue weighted by Crippen LogP contribution is -2.30. The first-order chi connectivity index (χ1) is 11.5. The number of aromatic nitrogens is 1. The normalized spacial score (nSPS) is 10.8. The van der Waals surface area contributed by atoms with Crippen LogP contribution in [0.25, 0.3) is 10.9 Å². The van der Waals surface area contributed by atoms with Gasteiger partial charge in [0.2, 0.25) is 0 Å². The molecule has 5 heteroatoms. The van der Waals surface area contributed by atoms with Gasteiger partial charge in [-0.15, -0.1) is 0 Å². The van der Waals surface area contributed by atoms with Crippen molar-refractivity contribution >= 4 is 33.9 Å². The van der Waals surface area contributed by atoms with Crippen molar-refractivity contribution < 1.29 is 4.39 Å². The van der Waals surface area contributed by atoms with Gasteiger partial charge >= 0.3 is 0 Å². The second-order valence-corrected chi connectivity index (χ2v) is 6.27. The molecule has 124 valence electrons. The number of H-pyrrole nitrogens is 1. The molecule has 3 nitrogen and oxygen atoms in total. The Hall–Kier alpha value is -2.40. The number of nitrogens with one attached hydrogen (secondary N) is 3. The zero-order valence-electron chi connectivity index (χ0n) is 13.7. The van der Waals surface area contributed by atoms with Crippen LogP contribution < -0.4 is 10.6 Å². The summed E-state index contributed by atoms with van der Waals surface area (Å²) >= 11 is 5.35. The number of aryl methyl sites for hydroxylation is 2. The smallest absolute Gasteiger partial charge is 0.170 e. The number of hydrogen-bond donors (Lipinski definition) is 3. The van der Waals surface area contributed by atoms with Crippen molar-refractivity contribution in [2.75, 3.05) is 11.9 Å². The van der Waals surface area contributed by atoms with E-state index in [9.17, 15) is 4.39 Å². The number of anilines is 1. The van der Waals surface area contributed by atoms with E-state index in [-0.39, 0.29) is 5.82 Å². The summed E-state index contributed by atoms with van der Waals surface area (Å²) in [6.45, 7) is 4.73. The zero-order chi connectivity index (χ0) is 17.1. The van der Waals surface area contributed by atoms with E-state index in [2.05, 4.69) is 15.6 Å². The highest BCUT2D eigenvalue weighted by molar-refractivity contribution is 7.80. The average Bonchev–Trinajstić information content (AvgIpc) is 2.85. The molecule has 1 aromatic heterocycles. The van der Waals surface area contributed by atoms with E-state index in [1.807, 2.05) is 38.1 Å². The van der Waals surface area contributed by atoms with Crippen LogP contribution in [-0.2, 0) is 6.42 Å². The van der Waals surface area contributed by atoms with Crippen LogP contribution in [0.5, 0.6) is 0 Å². The van der Waals surface area contributed by atoms with Crippen molar-refractivity contribution in [3.05, 3.63) is 65.1 Å². The average molecular weight is 341 g/mol. The minimum absolute atomic E-state index is 0.215. The number of thiocarbonyl (C=S) groups is 1. The second-order valence-electron chi connectivity index (χ2n) is 5.86. The van der Waals surface area contributed by atoms with Gasteiger partial charge in [-0.2, -0.15) is 0 Å². The van der Waals surface area contributed by atoms with E-state index >= 15 is 0 Å².